The number of nitrogens with zero attached hydrogens (tertiary/aromatic N) is 2. The minimum Gasteiger partial charge on any atom is -0.409 e. The summed E-state index contributed by atoms with van der Waals surface area (Å²) in [4.78, 5) is 0. The highest BCUT2D eigenvalue weighted by Crippen LogP contribution is 2.32. The lowest BCUT2D eigenvalue weighted by Crippen LogP contribution is -2.36. The van der Waals surface area contributed by atoms with Crippen LogP contribution < -0.4 is 5.73 Å². The van der Waals surface area contributed by atoms with Crippen LogP contribution in [0, 0.1) is 12.8 Å². The van der Waals surface area contributed by atoms with Crippen LogP contribution in [0.25, 0.3) is 0 Å². The third kappa shape index (κ3) is 4.84. The van der Waals surface area contributed by atoms with Crippen LogP contribution in [0.1, 0.15) is 25.8 Å². The topological polar surface area (TPSA) is 96.0 Å². The molecule has 120 valence electrons. The first-order chi connectivity index (χ1) is 9.68. The molecule has 0 fully saturated rings. The number of halogens is 1. The number of nitrogens with two attached hydrogens (primary N) is 1. The summed E-state index contributed by atoms with van der Waals surface area (Å²) in [6.07, 6.45) is 0.167. The Morgan fingerprint density at radius 3 is 2.62 bits per heavy atom. The lowest BCUT2D eigenvalue weighted by atomic mass is 10.2. The molecule has 1 aromatic rings. The Hall–Kier alpha value is -0.830. The van der Waals surface area contributed by atoms with Gasteiger partial charge in [0.15, 0.2) is 0 Å². The molecule has 0 saturated heterocycles. The average Bonchev–Trinajstić information content (AvgIpc) is 2.74. The van der Waals surface area contributed by atoms with E-state index in [1.807, 2.05) is 13.8 Å². The highest BCUT2D eigenvalue weighted by molar-refractivity contribution is 7.91. The molecule has 1 heterocycles. The van der Waals surface area contributed by atoms with Gasteiger partial charge in [0.1, 0.15) is 10.0 Å². The van der Waals surface area contributed by atoms with E-state index in [0.717, 1.165) is 16.9 Å². The summed E-state index contributed by atoms with van der Waals surface area (Å²) < 4.78 is 27.4. The molecule has 0 aliphatic rings. The maximum atomic E-state index is 12.7. The summed E-state index contributed by atoms with van der Waals surface area (Å²) in [6, 6.07) is 1.57. The van der Waals surface area contributed by atoms with Gasteiger partial charge in [-0.1, -0.05) is 30.6 Å². The molecule has 21 heavy (non-hydrogen) atoms. The number of hydrogen-bond acceptors (Lipinski definition) is 5. The number of aryl methyl sites for hydroxylation is 1. The summed E-state index contributed by atoms with van der Waals surface area (Å²) in [5.74, 6) is 0.156. The first kappa shape index (κ1) is 18.2. The van der Waals surface area contributed by atoms with Crippen molar-refractivity contribution >= 4 is 38.8 Å². The number of rotatable bonds is 7. The fourth-order valence-electron chi connectivity index (χ4n) is 1.69. The van der Waals surface area contributed by atoms with Crippen molar-refractivity contribution in [2.75, 3.05) is 13.1 Å². The number of thiophene rings is 1. The molecule has 0 radical (unpaired) electrons. The van der Waals surface area contributed by atoms with Crippen molar-refractivity contribution in [2.45, 2.75) is 31.4 Å². The molecule has 0 atom stereocenters. The number of hydrogen-bond donors (Lipinski definition) is 2. The van der Waals surface area contributed by atoms with Gasteiger partial charge in [0, 0.05) is 19.5 Å². The zero-order valence-corrected chi connectivity index (χ0v) is 14.6. The maximum absolute atomic E-state index is 12.7. The number of sulfonamides is 1. The van der Waals surface area contributed by atoms with Gasteiger partial charge in [0.05, 0.1) is 4.34 Å². The molecule has 0 amide bonds. The maximum Gasteiger partial charge on any atom is 0.252 e. The molecule has 0 aliphatic carbocycles. The first-order valence-corrected chi connectivity index (χ1v) is 9.04. The minimum atomic E-state index is -3.63. The van der Waals surface area contributed by atoms with Gasteiger partial charge in [0.2, 0.25) is 0 Å². The molecule has 0 aromatic carbocycles. The zero-order chi connectivity index (χ0) is 16.2. The smallest absolute Gasteiger partial charge is 0.252 e. The molecule has 9 heteroatoms. The van der Waals surface area contributed by atoms with E-state index in [1.165, 1.54) is 4.31 Å². The molecular weight excluding hydrogens is 334 g/mol. The van der Waals surface area contributed by atoms with E-state index in [9.17, 15) is 8.42 Å². The monoisotopic (exact) mass is 353 g/mol. The van der Waals surface area contributed by atoms with Gasteiger partial charge in [-0.3, -0.25) is 0 Å². The van der Waals surface area contributed by atoms with Crippen LogP contribution in [0.4, 0.5) is 0 Å². The molecule has 0 aliphatic heterocycles. The van der Waals surface area contributed by atoms with Crippen molar-refractivity contribution in [3.8, 4) is 0 Å². The summed E-state index contributed by atoms with van der Waals surface area (Å²) in [7, 11) is -3.63. The predicted octanol–water partition coefficient (Wildman–Crippen LogP) is 2.49. The summed E-state index contributed by atoms with van der Waals surface area (Å²) in [6.45, 7) is 6.14. The largest absolute Gasteiger partial charge is 0.409 e. The fraction of sp³-hybridized carbons (Fsp3) is 0.583. The van der Waals surface area contributed by atoms with E-state index in [-0.39, 0.29) is 28.9 Å². The van der Waals surface area contributed by atoms with Crippen molar-refractivity contribution in [1.82, 2.24) is 4.31 Å². The minimum absolute atomic E-state index is 0.000603. The van der Waals surface area contributed by atoms with E-state index >= 15 is 0 Å². The van der Waals surface area contributed by atoms with Crippen LogP contribution in [0.2, 0.25) is 4.34 Å². The second-order valence-corrected chi connectivity index (χ2v) is 8.94. The SMILES string of the molecule is Cc1cc(S(=O)(=O)N(CCC(N)=NO)CC(C)C)sc1Cl. The summed E-state index contributed by atoms with van der Waals surface area (Å²) in [5, 5.41) is 11.4. The van der Waals surface area contributed by atoms with Gasteiger partial charge in [-0.2, -0.15) is 4.31 Å². The molecular formula is C12H20ClN3O3S2. The van der Waals surface area contributed by atoms with Gasteiger partial charge < -0.3 is 10.9 Å². The Bertz CT molecular complexity index is 592. The first-order valence-electron chi connectivity index (χ1n) is 6.41. The van der Waals surface area contributed by atoms with Gasteiger partial charge in [-0.05, 0) is 24.5 Å². The Morgan fingerprint density at radius 1 is 1.57 bits per heavy atom. The molecule has 0 unspecified atom stereocenters. The highest BCUT2D eigenvalue weighted by atomic mass is 35.5. The number of amidine groups is 1. The molecule has 1 rings (SSSR count). The summed E-state index contributed by atoms with van der Waals surface area (Å²) in [5.41, 5.74) is 6.16. The van der Waals surface area contributed by atoms with Crippen molar-refractivity contribution in [3.63, 3.8) is 0 Å². The van der Waals surface area contributed by atoms with Crippen LogP contribution >= 0.6 is 22.9 Å². The molecule has 6 nitrogen and oxygen atoms in total. The second kappa shape index (κ2) is 7.44. The standard InChI is InChI=1S/C12H20ClN3O3S2/c1-8(2)7-16(5-4-10(14)15-17)21(18,19)11-6-9(3)12(13)20-11/h6,8,17H,4-5,7H2,1-3H3,(H2,14,15). The Kier molecular flexibility index (Phi) is 6.45. The van der Waals surface area contributed by atoms with Crippen LogP contribution in [-0.2, 0) is 10.0 Å². The van der Waals surface area contributed by atoms with E-state index in [2.05, 4.69) is 5.16 Å². The fourth-order valence-corrected chi connectivity index (χ4v) is 5.16. The second-order valence-electron chi connectivity index (χ2n) is 5.12. The normalized spacial score (nSPS) is 13.3. The van der Waals surface area contributed by atoms with Gasteiger partial charge in [-0.25, -0.2) is 8.42 Å². The molecule has 1 aromatic heterocycles. The van der Waals surface area contributed by atoms with E-state index in [0.29, 0.717) is 10.9 Å². The Balaban J connectivity index is 3.05. The number of oxime groups is 1. The predicted molar refractivity (Wildman–Crippen MR) is 85.7 cm³/mol. The van der Waals surface area contributed by atoms with Crippen LogP contribution in [0.5, 0.6) is 0 Å². The van der Waals surface area contributed by atoms with E-state index in [4.69, 9.17) is 22.5 Å². The third-order valence-electron chi connectivity index (χ3n) is 2.74. The quantitative estimate of drug-likeness (QED) is 0.340. The lowest BCUT2D eigenvalue weighted by Gasteiger charge is -2.22. The third-order valence-corrected chi connectivity index (χ3v) is 6.61. The molecule has 0 saturated carbocycles. The molecule has 3 N–H and O–H groups in total. The van der Waals surface area contributed by atoms with Crippen LogP contribution in [-0.4, -0.2) is 36.9 Å². The highest BCUT2D eigenvalue weighted by Gasteiger charge is 2.27. The van der Waals surface area contributed by atoms with Crippen molar-refractivity contribution in [3.05, 3.63) is 16.0 Å². The van der Waals surface area contributed by atoms with Crippen molar-refractivity contribution in [2.24, 2.45) is 16.8 Å². The van der Waals surface area contributed by atoms with E-state index in [1.54, 1.807) is 13.0 Å². The molecule has 0 bridgehead atoms. The Morgan fingerprint density at radius 2 is 2.19 bits per heavy atom. The summed E-state index contributed by atoms with van der Waals surface area (Å²) >= 11 is 7.00. The Labute approximate surface area is 134 Å². The van der Waals surface area contributed by atoms with Crippen LogP contribution in [0.15, 0.2) is 15.4 Å². The average molecular weight is 354 g/mol. The zero-order valence-electron chi connectivity index (χ0n) is 12.2. The van der Waals surface area contributed by atoms with Gasteiger partial charge in [-0.15, -0.1) is 11.3 Å². The van der Waals surface area contributed by atoms with Crippen LogP contribution in [0.3, 0.4) is 0 Å². The molecule has 0 spiro atoms. The van der Waals surface area contributed by atoms with Gasteiger partial charge in [0.25, 0.3) is 10.0 Å². The van der Waals surface area contributed by atoms with Gasteiger partial charge >= 0.3 is 0 Å². The van der Waals surface area contributed by atoms with Crippen molar-refractivity contribution < 1.29 is 13.6 Å². The van der Waals surface area contributed by atoms with Crippen molar-refractivity contribution in [1.29, 1.82) is 0 Å². The van der Waals surface area contributed by atoms with E-state index < -0.39 is 10.0 Å². The lowest BCUT2D eigenvalue weighted by molar-refractivity contribution is 0.314.